The highest BCUT2D eigenvalue weighted by Crippen LogP contribution is 2.19. The molecule has 4 nitrogen and oxygen atoms in total. The van der Waals surface area contributed by atoms with E-state index in [1.54, 1.807) is 0 Å². The molecular formula is C16H24N2O2. The van der Waals surface area contributed by atoms with Gasteiger partial charge in [-0.1, -0.05) is 17.7 Å². The average molecular weight is 276 g/mol. The smallest absolute Gasteiger partial charge is 0.261 e. The Kier molecular flexibility index (Phi) is 4.33. The largest absolute Gasteiger partial charge is 0.484 e. The molecule has 1 atom stereocenters. The molecule has 4 heteroatoms. The maximum absolute atomic E-state index is 12.4. The Balaban J connectivity index is 1.95. The molecule has 110 valence electrons. The number of carbonyl (C=O) groups excluding carboxylic acids is 1. The van der Waals surface area contributed by atoms with Crippen LogP contribution < -0.4 is 10.1 Å². The average Bonchev–Trinajstić information content (AvgIpc) is 2.40. The highest BCUT2D eigenvalue weighted by molar-refractivity contribution is 5.78. The van der Waals surface area contributed by atoms with E-state index in [0.29, 0.717) is 6.04 Å². The lowest BCUT2D eigenvalue weighted by molar-refractivity contribution is -0.140. The Labute approximate surface area is 121 Å². The van der Waals surface area contributed by atoms with E-state index >= 15 is 0 Å². The molecule has 1 heterocycles. The minimum Gasteiger partial charge on any atom is -0.484 e. The number of rotatable bonds is 3. The number of hydrogen-bond acceptors (Lipinski definition) is 3. The van der Waals surface area contributed by atoms with Crippen LogP contribution in [0.1, 0.15) is 26.3 Å². The predicted molar refractivity (Wildman–Crippen MR) is 79.9 cm³/mol. The summed E-state index contributed by atoms with van der Waals surface area (Å²) in [6.07, 6.45) is 0. The van der Waals surface area contributed by atoms with E-state index < -0.39 is 0 Å². The maximum atomic E-state index is 12.4. The molecule has 0 aliphatic carbocycles. The van der Waals surface area contributed by atoms with Gasteiger partial charge in [-0.2, -0.15) is 0 Å². The fourth-order valence-electron chi connectivity index (χ4n) is 2.40. The van der Waals surface area contributed by atoms with E-state index in [1.165, 1.54) is 5.56 Å². The number of amides is 1. The lowest BCUT2D eigenvalue weighted by Crippen LogP contribution is -2.63. The van der Waals surface area contributed by atoms with Gasteiger partial charge in [0.15, 0.2) is 6.61 Å². The van der Waals surface area contributed by atoms with Crippen molar-refractivity contribution in [3.05, 3.63) is 29.8 Å². The number of carbonyl (C=O) groups is 1. The molecule has 0 radical (unpaired) electrons. The molecule has 1 N–H and O–H groups in total. The summed E-state index contributed by atoms with van der Waals surface area (Å²) >= 11 is 0. The number of aryl methyl sites for hydroxylation is 1. The molecule has 1 fully saturated rings. The molecule has 0 bridgehead atoms. The van der Waals surface area contributed by atoms with Crippen LogP contribution in [0.4, 0.5) is 0 Å². The molecule has 1 unspecified atom stereocenters. The van der Waals surface area contributed by atoms with E-state index in [-0.39, 0.29) is 18.1 Å². The first kappa shape index (κ1) is 14.9. The molecule has 1 aliphatic heterocycles. The number of hydrogen-bond donors (Lipinski definition) is 1. The van der Waals surface area contributed by atoms with Gasteiger partial charge < -0.3 is 15.0 Å². The fourth-order valence-corrected chi connectivity index (χ4v) is 2.40. The summed E-state index contributed by atoms with van der Waals surface area (Å²) in [7, 11) is 0. The lowest BCUT2D eigenvalue weighted by atomic mass is 9.98. The SMILES string of the molecule is Cc1ccc(OCC(=O)N2CC(C)NCC2(C)C)cc1. The summed E-state index contributed by atoms with van der Waals surface area (Å²) in [5.74, 6) is 0.786. The standard InChI is InChI=1S/C16H24N2O2/c1-12-5-7-14(8-6-12)20-10-15(19)18-9-13(2)17-11-16(18,3)4/h5-8,13,17H,9-11H2,1-4H3. The van der Waals surface area contributed by atoms with Crippen LogP contribution in [0.2, 0.25) is 0 Å². The summed E-state index contributed by atoms with van der Waals surface area (Å²) in [4.78, 5) is 14.3. The van der Waals surface area contributed by atoms with Gasteiger partial charge in [-0.05, 0) is 39.8 Å². The zero-order valence-corrected chi connectivity index (χ0v) is 12.8. The van der Waals surface area contributed by atoms with E-state index in [2.05, 4.69) is 26.1 Å². The van der Waals surface area contributed by atoms with Gasteiger partial charge >= 0.3 is 0 Å². The topological polar surface area (TPSA) is 41.6 Å². The first-order chi connectivity index (χ1) is 9.38. The molecule has 0 spiro atoms. The number of benzene rings is 1. The molecule has 1 aromatic rings. The summed E-state index contributed by atoms with van der Waals surface area (Å²) in [6.45, 7) is 9.91. The van der Waals surface area contributed by atoms with Crippen molar-refractivity contribution in [2.24, 2.45) is 0 Å². The molecule has 20 heavy (non-hydrogen) atoms. The van der Waals surface area contributed by atoms with Gasteiger partial charge in [0, 0.05) is 24.7 Å². The summed E-state index contributed by atoms with van der Waals surface area (Å²) in [5, 5.41) is 3.40. The second kappa shape index (κ2) is 5.83. The Morgan fingerprint density at radius 2 is 2.05 bits per heavy atom. The van der Waals surface area contributed by atoms with Crippen LogP contribution in [-0.2, 0) is 4.79 Å². The van der Waals surface area contributed by atoms with Crippen LogP contribution in [0.5, 0.6) is 5.75 Å². The van der Waals surface area contributed by atoms with E-state index in [9.17, 15) is 4.79 Å². The van der Waals surface area contributed by atoms with Gasteiger partial charge in [-0.25, -0.2) is 0 Å². The summed E-state index contributed by atoms with van der Waals surface area (Å²) < 4.78 is 5.59. The zero-order valence-electron chi connectivity index (χ0n) is 12.8. The quantitative estimate of drug-likeness (QED) is 0.918. The van der Waals surface area contributed by atoms with Gasteiger partial charge in [0.2, 0.25) is 0 Å². The van der Waals surface area contributed by atoms with E-state index in [4.69, 9.17) is 4.74 Å². The van der Waals surface area contributed by atoms with Gasteiger partial charge in [-0.15, -0.1) is 0 Å². The van der Waals surface area contributed by atoms with Crippen molar-refractivity contribution >= 4 is 5.91 Å². The minimum atomic E-state index is -0.166. The molecule has 2 rings (SSSR count). The van der Waals surface area contributed by atoms with Gasteiger partial charge in [-0.3, -0.25) is 4.79 Å². The third kappa shape index (κ3) is 3.51. The van der Waals surface area contributed by atoms with Crippen molar-refractivity contribution < 1.29 is 9.53 Å². The third-order valence-corrected chi connectivity index (χ3v) is 3.75. The van der Waals surface area contributed by atoms with E-state index in [1.807, 2.05) is 36.1 Å². The number of nitrogens with one attached hydrogen (secondary N) is 1. The molecule has 0 aromatic heterocycles. The van der Waals surface area contributed by atoms with Crippen LogP contribution in [0, 0.1) is 6.92 Å². The molecule has 1 aromatic carbocycles. The Morgan fingerprint density at radius 3 is 2.70 bits per heavy atom. The van der Waals surface area contributed by atoms with Crippen LogP contribution in [0.25, 0.3) is 0 Å². The second-order valence-electron chi connectivity index (χ2n) is 6.20. The molecule has 0 saturated carbocycles. The van der Waals surface area contributed by atoms with Gasteiger partial charge in [0.05, 0.1) is 0 Å². The van der Waals surface area contributed by atoms with Crippen molar-refractivity contribution in [2.45, 2.75) is 39.3 Å². The zero-order chi connectivity index (χ0) is 14.8. The molecule has 1 saturated heterocycles. The summed E-state index contributed by atoms with van der Waals surface area (Å²) in [5.41, 5.74) is 1.01. The van der Waals surface area contributed by atoms with Crippen molar-refractivity contribution in [1.29, 1.82) is 0 Å². The Bertz CT molecular complexity index is 468. The number of nitrogens with zero attached hydrogens (tertiary/aromatic N) is 1. The van der Waals surface area contributed by atoms with Crippen molar-refractivity contribution in [3.63, 3.8) is 0 Å². The normalized spacial score (nSPS) is 21.6. The van der Waals surface area contributed by atoms with Gasteiger partial charge in [0.1, 0.15) is 5.75 Å². The van der Waals surface area contributed by atoms with Crippen LogP contribution in [-0.4, -0.2) is 42.1 Å². The predicted octanol–water partition coefficient (Wildman–Crippen LogP) is 1.97. The monoisotopic (exact) mass is 276 g/mol. The lowest BCUT2D eigenvalue weighted by Gasteiger charge is -2.45. The highest BCUT2D eigenvalue weighted by atomic mass is 16.5. The molecule has 1 amide bonds. The summed E-state index contributed by atoms with van der Waals surface area (Å²) in [6, 6.07) is 8.08. The first-order valence-corrected chi connectivity index (χ1v) is 7.12. The minimum absolute atomic E-state index is 0.0453. The maximum Gasteiger partial charge on any atom is 0.261 e. The highest BCUT2D eigenvalue weighted by Gasteiger charge is 2.35. The Morgan fingerprint density at radius 1 is 1.40 bits per heavy atom. The second-order valence-corrected chi connectivity index (χ2v) is 6.20. The van der Waals surface area contributed by atoms with Crippen molar-refractivity contribution in [2.75, 3.05) is 19.7 Å². The Hall–Kier alpha value is -1.55. The van der Waals surface area contributed by atoms with Crippen LogP contribution in [0.3, 0.4) is 0 Å². The molecule has 1 aliphatic rings. The third-order valence-electron chi connectivity index (χ3n) is 3.75. The first-order valence-electron chi connectivity index (χ1n) is 7.12. The number of ether oxygens (including phenoxy) is 1. The fraction of sp³-hybridized carbons (Fsp3) is 0.562. The van der Waals surface area contributed by atoms with Crippen LogP contribution in [0.15, 0.2) is 24.3 Å². The molecular weight excluding hydrogens is 252 g/mol. The van der Waals surface area contributed by atoms with Crippen LogP contribution >= 0.6 is 0 Å². The van der Waals surface area contributed by atoms with Crippen molar-refractivity contribution in [3.8, 4) is 5.75 Å². The number of piperazine rings is 1. The van der Waals surface area contributed by atoms with E-state index in [0.717, 1.165) is 18.8 Å². The van der Waals surface area contributed by atoms with Gasteiger partial charge in [0.25, 0.3) is 5.91 Å². The van der Waals surface area contributed by atoms with Crippen molar-refractivity contribution in [1.82, 2.24) is 10.2 Å².